The van der Waals surface area contributed by atoms with Gasteiger partial charge in [0.05, 0.1) is 22.0 Å². The first kappa shape index (κ1) is 18.0. The number of hydrogen-bond acceptors (Lipinski definition) is 6. The third-order valence-electron chi connectivity index (χ3n) is 4.55. The smallest absolute Gasteiger partial charge is 0.230 e. The number of nitrogens with one attached hydrogen (secondary N) is 1. The number of nitrogens with zero attached hydrogens (tertiary/aromatic N) is 2. The van der Waals surface area contributed by atoms with Crippen molar-refractivity contribution >= 4 is 50.6 Å². The minimum absolute atomic E-state index is 0.0787. The number of para-hydroxylation sites is 1. The molecule has 4 rings (SSSR count). The highest BCUT2D eigenvalue weighted by Gasteiger charge is 2.24. The second-order valence-corrected chi connectivity index (χ2v) is 9.55. The third kappa shape index (κ3) is 4.28. The van der Waals surface area contributed by atoms with Crippen molar-refractivity contribution in [3.05, 3.63) is 46.7 Å². The van der Waals surface area contributed by atoms with Gasteiger partial charge in [-0.1, -0.05) is 30.0 Å². The number of thiazole rings is 1. The average molecular weight is 404 g/mol. The molecule has 7 heteroatoms. The van der Waals surface area contributed by atoms with E-state index in [0.29, 0.717) is 18.3 Å². The zero-order chi connectivity index (χ0) is 17.8. The summed E-state index contributed by atoms with van der Waals surface area (Å²) in [6.07, 6.45) is 2.51. The van der Waals surface area contributed by atoms with E-state index in [2.05, 4.69) is 38.8 Å². The fraction of sp³-hybridized carbons (Fsp3) is 0.368. The normalized spacial score (nSPS) is 16.2. The van der Waals surface area contributed by atoms with E-state index in [1.165, 1.54) is 34.2 Å². The molecule has 0 aliphatic carbocycles. The average Bonchev–Trinajstić information content (AvgIpc) is 3.40. The Hall–Kier alpha value is -1.41. The summed E-state index contributed by atoms with van der Waals surface area (Å²) in [6.45, 7) is 2.93. The standard InChI is InChI=1S/C19H21N3OS3/c23-18(13-25-19-21-14-6-1-2-7-16(14)26-19)20-12-15(17-8-5-11-24-17)22-9-3-4-10-22/h1-2,5-8,11,15H,3-4,9-10,12-13H2,(H,20,23). The van der Waals surface area contributed by atoms with Crippen LogP contribution in [0.3, 0.4) is 0 Å². The number of carbonyl (C=O) groups excluding carboxylic acids is 1. The zero-order valence-corrected chi connectivity index (χ0v) is 16.8. The van der Waals surface area contributed by atoms with Crippen LogP contribution in [0.25, 0.3) is 10.2 Å². The zero-order valence-electron chi connectivity index (χ0n) is 14.4. The van der Waals surface area contributed by atoms with E-state index in [4.69, 9.17) is 0 Å². The molecule has 0 bridgehead atoms. The molecule has 1 aliphatic heterocycles. The van der Waals surface area contributed by atoms with Crippen LogP contribution in [0.2, 0.25) is 0 Å². The number of aromatic nitrogens is 1. The number of likely N-dealkylation sites (tertiary alicyclic amines) is 1. The lowest BCUT2D eigenvalue weighted by atomic mass is 10.2. The highest BCUT2D eigenvalue weighted by Crippen LogP contribution is 2.30. The Bertz CT molecular complexity index is 823. The lowest BCUT2D eigenvalue weighted by Crippen LogP contribution is -2.37. The summed E-state index contributed by atoms with van der Waals surface area (Å²) in [4.78, 5) is 20.8. The van der Waals surface area contributed by atoms with Gasteiger partial charge >= 0.3 is 0 Å². The molecule has 1 aromatic carbocycles. The van der Waals surface area contributed by atoms with Crippen molar-refractivity contribution < 1.29 is 4.79 Å². The van der Waals surface area contributed by atoms with Crippen LogP contribution in [0.15, 0.2) is 46.1 Å². The molecule has 26 heavy (non-hydrogen) atoms. The largest absolute Gasteiger partial charge is 0.353 e. The molecular weight excluding hydrogens is 382 g/mol. The molecule has 3 heterocycles. The van der Waals surface area contributed by atoms with Gasteiger partial charge in [-0.05, 0) is 49.5 Å². The molecule has 1 amide bonds. The first-order valence-electron chi connectivity index (χ1n) is 8.82. The summed E-state index contributed by atoms with van der Waals surface area (Å²) < 4.78 is 2.12. The van der Waals surface area contributed by atoms with Gasteiger partial charge in [0, 0.05) is 11.4 Å². The fourth-order valence-corrected chi connectivity index (χ4v) is 6.00. The number of hydrogen-bond donors (Lipinski definition) is 1. The molecule has 0 radical (unpaired) electrons. The van der Waals surface area contributed by atoms with E-state index < -0.39 is 0 Å². The number of rotatable bonds is 7. The second-order valence-electron chi connectivity index (χ2n) is 6.31. The van der Waals surface area contributed by atoms with E-state index >= 15 is 0 Å². The molecule has 136 valence electrons. The first-order chi connectivity index (χ1) is 12.8. The van der Waals surface area contributed by atoms with Gasteiger partial charge in [-0.2, -0.15) is 0 Å². The van der Waals surface area contributed by atoms with Crippen molar-refractivity contribution in [1.29, 1.82) is 0 Å². The fourth-order valence-electron chi connectivity index (χ4n) is 3.25. The van der Waals surface area contributed by atoms with Gasteiger partial charge in [0.15, 0.2) is 4.34 Å². The van der Waals surface area contributed by atoms with Crippen LogP contribution in [0.4, 0.5) is 0 Å². The number of benzene rings is 1. The Morgan fingerprint density at radius 3 is 2.85 bits per heavy atom. The Labute approximate surface area is 165 Å². The molecule has 1 unspecified atom stereocenters. The molecule has 1 N–H and O–H groups in total. The summed E-state index contributed by atoms with van der Waals surface area (Å²) in [5.74, 6) is 0.492. The predicted octanol–water partition coefficient (Wildman–Crippen LogP) is 4.40. The van der Waals surface area contributed by atoms with Crippen LogP contribution in [0, 0.1) is 0 Å². The number of fused-ring (bicyclic) bond motifs is 1. The van der Waals surface area contributed by atoms with Crippen LogP contribution >= 0.6 is 34.4 Å². The quantitative estimate of drug-likeness (QED) is 0.594. The van der Waals surface area contributed by atoms with Crippen LogP contribution < -0.4 is 5.32 Å². The van der Waals surface area contributed by atoms with Gasteiger partial charge in [0.2, 0.25) is 5.91 Å². The monoisotopic (exact) mass is 403 g/mol. The number of carbonyl (C=O) groups is 1. The van der Waals surface area contributed by atoms with Crippen LogP contribution in [0.5, 0.6) is 0 Å². The Morgan fingerprint density at radius 1 is 1.23 bits per heavy atom. The number of thioether (sulfide) groups is 1. The molecule has 1 saturated heterocycles. The third-order valence-corrected chi connectivity index (χ3v) is 7.70. The van der Waals surface area contributed by atoms with E-state index in [-0.39, 0.29) is 5.91 Å². The van der Waals surface area contributed by atoms with Crippen molar-refractivity contribution in [2.45, 2.75) is 23.2 Å². The van der Waals surface area contributed by atoms with Crippen molar-refractivity contribution in [1.82, 2.24) is 15.2 Å². The van der Waals surface area contributed by atoms with Gasteiger partial charge in [0.1, 0.15) is 0 Å². The van der Waals surface area contributed by atoms with Crippen LogP contribution in [-0.4, -0.2) is 41.2 Å². The van der Waals surface area contributed by atoms with E-state index in [9.17, 15) is 4.79 Å². The van der Waals surface area contributed by atoms with Crippen molar-refractivity contribution in [3.8, 4) is 0 Å². The van der Waals surface area contributed by atoms with Gasteiger partial charge in [-0.3, -0.25) is 9.69 Å². The molecule has 1 atom stereocenters. The minimum Gasteiger partial charge on any atom is -0.353 e. The summed E-state index contributed by atoms with van der Waals surface area (Å²) in [7, 11) is 0. The van der Waals surface area contributed by atoms with Crippen LogP contribution in [0.1, 0.15) is 23.8 Å². The van der Waals surface area contributed by atoms with Crippen LogP contribution in [-0.2, 0) is 4.79 Å². The van der Waals surface area contributed by atoms with Crippen molar-refractivity contribution in [3.63, 3.8) is 0 Å². The summed E-state index contributed by atoms with van der Waals surface area (Å²) in [5.41, 5.74) is 1.01. The molecule has 4 nitrogen and oxygen atoms in total. The maximum atomic E-state index is 12.4. The van der Waals surface area contributed by atoms with E-state index in [1.54, 1.807) is 22.7 Å². The summed E-state index contributed by atoms with van der Waals surface area (Å²) >= 11 is 4.94. The predicted molar refractivity (Wildman–Crippen MR) is 111 cm³/mol. The molecule has 0 saturated carbocycles. The highest BCUT2D eigenvalue weighted by atomic mass is 32.2. The maximum absolute atomic E-state index is 12.4. The lowest BCUT2D eigenvalue weighted by Gasteiger charge is -2.26. The first-order valence-corrected chi connectivity index (χ1v) is 11.5. The van der Waals surface area contributed by atoms with Gasteiger partial charge in [-0.15, -0.1) is 22.7 Å². The molecule has 1 fully saturated rings. The maximum Gasteiger partial charge on any atom is 0.230 e. The molecule has 3 aromatic rings. The molecular formula is C19H21N3OS3. The van der Waals surface area contributed by atoms with Crippen molar-refractivity contribution in [2.24, 2.45) is 0 Å². The molecule has 2 aromatic heterocycles. The summed E-state index contributed by atoms with van der Waals surface area (Å²) in [6, 6.07) is 12.7. The second kappa shape index (κ2) is 8.52. The van der Waals surface area contributed by atoms with Gasteiger partial charge in [-0.25, -0.2) is 4.98 Å². The Balaban J connectivity index is 1.32. The van der Waals surface area contributed by atoms with E-state index in [0.717, 1.165) is 22.9 Å². The Kier molecular flexibility index (Phi) is 5.89. The van der Waals surface area contributed by atoms with Crippen molar-refractivity contribution in [2.75, 3.05) is 25.4 Å². The highest BCUT2D eigenvalue weighted by molar-refractivity contribution is 8.01. The molecule has 1 aliphatic rings. The topological polar surface area (TPSA) is 45.2 Å². The van der Waals surface area contributed by atoms with Gasteiger partial charge < -0.3 is 5.32 Å². The lowest BCUT2D eigenvalue weighted by molar-refractivity contribution is -0.118. The van der Waals surface area contributed by atoms with Gasteiger partial charge in [0.25, 0.3) is 0 Å². The summed E-state index contributed by atoms with van der Waals surface area (Å²) in [5, 5.41) is 5.25. The SMILES string of the molecule is O=C(CSc1nc2ccccc2s1)NCC(c1cccs1)N1CCCC1. The number of amides is 1. The van der Waals surface area contributed by atoms with E-state index in [1.807, 2.05) is 18.2 Å². The minimum atomic E-state index is 0.0787. The molecule has 0 spiro atoms. The Morgan fingerprint density at radius 2 is 2.08 bits per heavy atom. The number of thiophene rings is 1.